The number of hydrogen-bond acceptors (Lipinski definition) is 6. The molecule has 2 amide bonds. The van der Waals surface area contributed by atoms with E-state index in [0.717, 1.165) is 5.56 Å². The van der Waals surface area contributed by atoms with Crippen LogP contribution in [0.15, 0.2) is 53.1 Å². The molecule has 1 aromatic heterocycles. The van der Waals surface area contributed by atoms with Crippen molar-refractivity contribution in [3.05, 3.63) is 74.3 Å². The summed E-state index contributed by atoms with van der Waals surface area (Å²) in [6, 6.07) is 12.2. The molecule has 0 spiro atoms. The molecule has 1 atom stereocenters. The van der Waals surface area contributed by atoms with Gasteiger partial charge in [0.2, 0.25) is 17.8 Å². The van der Waals surface area contributed by atoms with E-state index in [0.29, 0.717) is 63.5 Å². The molecular formula is C24H25BrCl2N6O2. The molecule has 0 aliphatic carbocycles. The first-order valence-electron chi connectivity index (χ1n) is 10.9. The summed E-state index contributed by atoms with van der Waals surface area (Å²) in [5, 5.41) is 10.2. The summed E-state index contributed by atoms with van der Waals surface area (Å²) in [7, 11) is 0. The average molecular weight is 580 g/mol. The van der Waals surface area contributed by atoms with Crippen LogP contribution in [0.1, 0.15) is 41.6 Å². The molecule has 0 fully saturated rings. The van der Waals surface area contributed by atoms with Gasteiger partial charge < -0.3 is 21.7 Å². The van der Waals surface area contributed by atoms with Crippen LogP contribution in [0.4, 0.5) is 17.5 Å². The van der Waals surface area contributed by atoms with Gasteiger partial charge in [0, 0.05) is 37.0 Å². The van der Waals surface area contributed by atoms with Crippen molar-refractivity contribution >= 4 is 68.4 Å². The first kappa shape index (κ1) is 26.7. The van der Waals surface area contributed by atoms with Crippen molar-refractivity contribution in [2.75, 3.05) is 23.7 Å². The van der Waals surface area contributed by atoms with E-state index in [2.05, 4.69) is 41.8 Å². The Morgan fingerprint density at radius 3 is 2.69 bits per heavy atom. The molecule has 3 rings (SSSR count). The number of carbonyl (C=O) groups excluding carboxylic acids is 2. The third kappa shape index (κ3) is 7.81. The number of hydrogen-bond donors (Lipinski definition) is 4. The lowest BCUT2D eigenvalue weighted by molar-refractivity contribution is -0.121. The standard InChI is InChI=1S/C24H25BrCl2N6O2/c1-14(17-7-3-8-19(26)21(17)27)11-20(34)29-9-4-10-30-23-18(25)13-31-24(33-23)32-16-6-2-5-15(12-16)22(28)35/h2-3,5-8,12-14H,4,9-11H2,1H3,(H2,28,35)(H,29,34)(H2,30,31,32,33). The molecule has 184 valence electrons. The molecule has 8 nitrogen and oxygen atoms in total. The number of halogens is 3. The molecule has 0 bridgehead atoms. The van der Waals surface area contributed by atoms with Gasteiger partial charge in [0.25, 0.3) is 0 Å². The van der Waals surface area contributed by atoms with Crippen LogP contribution in [0, 0.1) is 0 Å². The minimum atomic E-state index is -0.512. The van der Waals surface area contributed by atoms with E-state index in [1.807, 2.05) is 19.1 Å². The highest BCUT2D eigenvalue weighted by Gasteiger charge is 2.15. The van der Waals surface area contributed by atoms with Gasteiger partial charge in [-0.2, -0.15) is 4.98 Å². The van der Waals surface area contributed by atoms with E-state index in [4.69, 9.17) is 28.9 Å². The molecule has 0 saturated heterocycles. The van der Waals surface area contributed by atoms with Crippen molar-refractivity contribution in [3.8, 4) is 0 Å². The van der Waals surface area contributed by atoms with E-state index >= 15 is 0 Å². The van der Waals surface area contributed by atoms with E-state index in [1.54, 1.807) is 36.5 Å². The Balaban J connectivity index is 1.45. The Bertz CT molecular complexity index is 1210. The second-order valence-corrected chi connectivity index (χ2v) is 9.48. The molecule has 1 unspecified atom stereocenters. The summed E-state index contributed by atoms with van der Waals surface area (Å²) < 4.78 is 0.699. The molecular weight excluding hydrogens is 555 g/mol. The van der Waals surface area contributed by atoms with Crippen molar-refractivity contribution in [2.24, 2.45) is 5.73 Å². The number of anilines is 3. The number of benzene rings is 2. The lowest BCUT2D eigenvalue weighted by atomic mass is 9.97. The van der Waals surface area contributed by atoms with Crippen LogP contribution in [0.5, 0.6) is 0 Å². The van der Waals surface area contributed by atoms with Crippen molar-refractivity contribution in [1.29, 1.82) is 0 Å². The van der Waals surface area contributed by atoms with Gasteiger partial charge in [0.15, 0.2) is 0 Å². The Labute approximate surface area is 222 Å². The topological polar surface area (TPSA) is 122 Å². The van der Waals surface area contributed by atoms with Crippen LogP contribution in [0.3, 0.4) is 0 Å². The predicted octanol–water partition coefficient (Wildman–Crippen LogP) is 5.50. The molecule has 0 aliphatic heterocycles. The van der Waals surface area contributed by atoms with Crippen LogP contribution in [0.2, 0.25) is 10.0 Å². The number of carbonyl (C=O) groups is 2. The SMILES string of the molecule is CC(CC(=O)NCCCNc1nc(Nc2cccc(C(N)=O)c2)ncc1Br)c1cccc(Cl)c1Cl. The van der Waals surface area contributed by atoms with E-state index in [-0.39, 0.29) is 11.8 Å². The number of nitrogens with one attached hydrogen (secondary N) is 3. The van der Waals surface area contributed by atoms with Gasteiger partial charge in [-0.3, -0.25) is 9.59 Å². The lowest BCUT2D eigenvalue weighted by Gasteiger charge is -2.14. The second kappa shape index (κ2) is 12.7. The number of rotatable bonds is 11. The number of primary amides is 1. The number of nitrogens with zero attached hydrogens (tertiary/aromatic N) is 2. The highest BCUT2D eigenvalue weighted by Crippen LogP contribution is 2.32. The van der Waals surface area contributed by atoms with Gasteiger partial charge in [-0.25, -0.2) is 4.98 Å². The normalized spacial score (nSPS) is 11.5. The van der Waals surface area contributed by atoms with Gasteiger partial charge in [-0.05, 0) is 58.1 Å². The van der Waals surface area contributed by atoms with Crippen LogP contribution in [-0.4, -0.2) is 34.9 Å². The second-order valence-electron chi connectivity index (χ2n) is 7.84. The Morgan fingerprint density at radius 1 is 1.14 bits per heavy atom. The number of aromatic nitrogens is 2. The molecule has 2 aromatic carbocycles. The van der Waals surface area contributed by atoms with Gasteiger partial charge in [0.1, 0.15) is 5.82 Å². The van der Waals surface area contributed by atoms with E-state index in [9.17, 15) is 9.59 Å². The molecule has 0 aliphatic rings. The summed E-state index contributed by atoms with van der Waals surface area (Å²) in [5.41, 5.74) is 7.22. The summed E-state index contributed by atoms with van der Waals surface area (Å²) in [6.07, 6.45) is 2.63. The lowest BCUT2D eigenvalue weighted by Crippen LogP contribution is -2.27. The zero-order chi connectivity index (χ0) is 25.4. The van der Waals surface area contributed by atoms with Crippen LogP contribution >= 0.6 is 39.1 Å². The van der Waals surface area contributed by atoms with Gasteiger partial charge in [-0.15, -0.1) is 0 Å². The quantitative estimate of drug-likeness (QED) is 0.222. The minimum absolute atomic E-state index is 0.0501. The Hall–Kier alpha value is -2.88. The maximum Gasteiger partial charge on any atom is 0.248 e. The number of nitrogens with two attached hydrogens (primary N) is 1. The molecule has 35 heavy (non-hydrogen) atoms. The molecule has 5 N–H and O–H groups in total. The van der Waals surface area contributed by atoms with Crippen LogP contribution in [-0.2, 0) is 4.79 Å². The van der Waals surface area contributed by atoms with Crippen molar-refractivity contribution < 1.29 is 9.59 Å². The summed E-state index contributed by atoms with van der Waals surface area (Å²) >= 11 is 15.8. The van der Waals surface area contributed by atoms with Gasteiger partial charge in [-0.1, -0.05) is 48.3 Å². The molecule has 11 heteroatoms. The fourth-order valence-corrected chi connectivity index (χ4v) is 4.14. The fraction of sp³-hybridized carbons (Fsp3) is 0.250. The van der Waals surface area contributed by atoms with Gasteiger partial charge >= 0.3 is 0 Å². The van der Waals surface area contributed by atoms with E-state index in [1.165, 1.54) is 0 Å². The molecule has 1 heterocycles. The summed E-state index contributed by atoms with van der Waals surface area (Å²) in [5.74, 6) is 0.346. The zero-order valence-corrected chi connectivity index (χ0v) is 22.0. The van der Waals surface area contributed by atoms with Gasteiger partial charge in [0.05, 0.1) is 14.5 Å². The van der Waals surface area contributed by atoms with Crippen molar-refractivity contribution in [1.82, 2.24) is 15.3 Å². The first-order valence-corrected chi connectivity index (χ1v) is 12.4. The zero-order valence-electron chi connectivity index (χ0n) is 18.9. The first-order chi connectivity index (χ1) is 16.7. The average Bonchev–Trinajstić information content (AvgIpc) is 2.82. The Kier molecular flexibility index (Phi) is 9.71. The predicted molar refractivity (Wildman–Crippen MR) is 144 cm³/mol. The van der Waals surface area contributed by atoms with Crippen LogP contribution < -0.4 is 21.7 Å². The third-order valence-corrected chi connectivity index (χ3v) is 6.53. The maximum atomic E-state index is 12.3. The monoisotopic (exact) mass is 578 g/mol. The highest BCUT2D eigenvalue weighted by atomic mass is 79.9. The maximum absolute atomic E-state index is 12.3. The fourth-order valence-electron chi connectivity index (χ4n) is 3.31. The Morgan fingerprint density at radius 2 is 1.91 bits per heavy atom. The van der Waals surface area contributed by atoms with Crippen molar-refractivity contribution in [3.63, 3.8) is 0 Å². The van der Waals surface area contributed by atoms with E-state index < -0.39 is 5.91 Å². The molecule has 0 radical (unpaired) electrons. The largest absolute Gasteiger partial charge is 0.369 e. The third-order valence-electron chi connectivity index (χ3n) is 5.12. The van der Waals surface area contributed by atoms with Crippen molar-refractivity contribution in [2.45, 2.75) is 25.7 Å². The smallest absolute Gasteiger partial charge is 0.248 e. The molecule has 0 saturated carbocycles. The molecule has 3 aromatic rings. The summed E-state index contributed by atoms with van der Waals surface area (Å²) in [4.78, 5) is 32.4. The highest BCUT2D eigenvalue weighted by molar-refractivity contribution is 9.10. The minimum Gasteiger partial charge on any atom is -0.369 e. The summed E-state index contributed by atoms with van der Waals surface area (Å²) in [6.45, 7) is 3.04. The van der Waals surface area contributed by atoms with Crippen LogP contribution in [0.25, 0.3) is 0 Å². The number of amides is 2.